The maximum atomic E-state index is 14.4. The molecule has 1 aliphatic heterocycles. The number of benzene rings is 3. The largest absolute Gasteiger partial charge is 0.368 e. The van der Waals surface area contributed by atoms with Crippen LogP contribution in [0.5, 0.6) is 0 Å². The third-order valence-electron chi connectivity index (χ3n) is 6.79. The molecule has 1 aliphatic rings. The van der Waals surface area contributed by atoms with E-state index >= 15 is 0 Å². The Bertz CT molecular complexity index is 1470. The fraction of sp³-hybridized carbons (Fsp3) is 0.241. The Hall–Kier alpha value is -4.22. The molecule has 1 fully saturated rings. The van der Waals surface area contributed by atoms with E-state index in [1.165, 1.54) is 41.7 Å². The molecular weight excluding hydrogens is 536 g/mol. The third-order valence-corrected chi connectivity index (χ3v) is 7.63. The van der Waals surface area contributed by atoms with Gasteiger partial charge in [-0.05, 0) is 35.9 Å². The summed E-state index contributed by atoms with van der Waals surface area (Å²) in [6, 6.07) is 19.2. The fourth-order valence-electron chi connectivity index (χ4n) is 4.67. The minimum Gasteiger partial charge on any atom is -0.368 e. The van der Waals surface area contributed by atoms with Crippen molar-refractivity contribution in [2.24, 2.45) is 0 Å². The summed E-state index contributed by atoms with van der Waals surface area (Å²) >= 11 is 1.38. The molecule has 8 nitrogen and oxygen atoms in total. The molecule has 40 heavy (non-hydrogen) atoms. The van der Waals surface area contributed by atoms with E-state index in [2.05, 4.69) is 9.88 Å². The van der Waals surface area contributed by atoms with E-state index in [0.29, 0.717) is 57.1 Å². The van der Waals surface area contributed by atoms with Crippen molar-refractivity contribution < 1.29 is 18.5 Å². The Kier molecular flexibility index (Phi) is 8.42. The van der Waals surface area contributed by atoms with Crippen LogP contribution in [0.15, 0.2) is 78.2 Å². The van der Waals surface area contributed by atoms with Crippen LogP contribution in [0.3, 0.4) is 0 Å². The van der Waals surface area contributed by atoms with Gasteiger partial charge >= 0.3 is 0 Å². The van der Waals surface area contributed by atoms with Crippen LogP contribution < -0.4 is 4.90 Å². The molecule has 0 saturated carbocycles. The van der Waals surface area contributed by atoms with Crippen LogP contribution in [0.25, 0.3) is 0 Å². The minimum atomic E-state index is -0.426. The second kappa shape index (κ2) is 12.3. The number of halogens is 2. The lowest BCUT2D eigenvalue weighted by Gasteiger charge is -2.35. The molecule has 206 valence electrons. The first-order valence-electron chi connectivity index (χ1n) is 12.8. The van der Waals surface area contributed by atoms with Gasteiger partial charge in [0.2, 0.25) is 0 Å². The number of non-ortho nitro benzene ring substituents is 1. The number of thiazole rings is 1. The fourth-order valence-corrected chi connectivity index (χ4v) is 5.48. The summed E-state index contributed by atoms with van der Waals surface area (Å²) in [5, 5.41) is 13.4. The second-order valence-corrected chi connectivity index (χ2v) is 10.5. The van der Waals surface area contributed by atoms with Gasteiger partial charge in [0.1, 0.15) is 22.3 Å². The van der Waals surface area contributed by atoms with Crippen LogP contribution in [0.1, 0.15) is 26.6 Å². The minimum absolute atomic E-state index is 0.0436. The molecule has 0 atom stereocenters. The van der Waals surface area contributed by atoms with Crippen molar-refractivity contribution in [2.75, 3.05) is 31.1 Å². The summed E-state index contributed by atoms with van der Waals surface area (Å²) in [4.78, 5) is 34.1. The Morgan fingerprint density at radius 1 is 0.925 bits per heavy atom. The summed E-state index contributed by atoms with van der Waals surface area (Å²) in [7, 11) is 0. The van der Waals surface area contributed by atoms with Crippen LogP contribution in [-0.2, 0) is 19.6 Å². The van der Waals surface area contributed by atoms with Crippen LogP contribution >= 0.6 is 11.3 Å². The number of carbonyl (C=O) groups is 1. The maximum Gasteiger partial charge on any atom is 0.273 e. The molecule has 1 aromatic heterocycles. The summed E-state index contributed by atoms with van der Waals surface area (Å²) in [6.07, 6.45) is 0. The molecule has 0 spiro atoms. The molecule has 3 aromatic carbocycles. The molecule has 11 heteroatoms. The lowest BCUT2D eigenvalue weighted by atomic mass is 10.1. The number of hydrogen-bond acceptors (Lipinski definition) is 7. The van der Waals surface area contributed by atoms with Crippen LogP contribution in [0.2, 0.25) is 0 Å². The Labute approximate surface area is 234 Å². The van der Waals surface area contributed by atoms with E-state index in [-0.39, 0.29) is 23.2 Å². The number of amides is 1. The van der Waals surface area contributed by atoms with Gasteiger partial charge in [0.25, 0.3) is 11.6 Å². The van der Waals surface area contributed by atoms with Crippen molar-refractivity contribution in [3.8, 4) is 0 Å². The summed E-state index contributed by atoms with van der Waals surface area (Å²) in [5.74, 6) is -0.763. The standard InChI is InChI=1S/C29H27F2N5O3S/c30-23-7-5-21(6-8-23)17-33(18-22-3-1-2-4-26(22)31)19-28-32-27(20-40-28)29(37)35-15-13-34(14-16-35)24-9-11-25(12-10-24)36(38)39/h1-12,20H,13-19H2. The SMILES string of the molecule is O=C(c1csc(CN(Cc2ccc(F)cc2)Cc2ccccc2F)n1)N1CCN(c2ccc([N+](=O)[O-])cc2)CC1. The number of rotatable bonds is 9. The van der Waals surface area contributed by atoms with Crippen molar-refractivity contribution in [2.45, 2.75) is 19.6 Å². The first-order chi connectivity index (χ1) is 19.4. The molecule has 2 heterocycles. The molecule has 0 unspecified atom stereocenters. The van der Waals surface area contributed by atoms with Gasteiger partial charge in [0.05, 0.1) is 11.5 Å². The number of carbonyl (C=O) groups excluding carboxylic acids is 1. The van der Waals surface area contributed by atoms with Gasteiger partial charge in [0.15, 0.2) is 0 Å². The number of anilines is 1. The maximum absolute atomic E-state index is 14.4. The smallest absolute Gasteiger partial charge is 0.273 e. The summed E-state index contributed by atoms with van der Waals surface area (Å²) in [5.41, 5.74) is 2.73. The summed E-state index contributed by atoms with van der Waals surface area (Å²) < 4.78 is 27.8. The van der Waals surface area contributed by atoms with E-state index in [1.807, 2.05) is 4.90 Å². The Morgan fingerprint density at radius 2 is 1.62 bits per heavy atom. The predicted molar refractivity (Wildman–Crippen MR) is 149 cm³/mol. The molecule has 0 radical (unpaired) electrons. The van der Waals surface area contributed by atoms with Crippen molar-refractivity contribution in [3.05, 3.63) is 122 Å². The zero-order valence-electron chi connectivity index (χ0n) is 21.6. The van der Waals surface area contributed by atoms with Crippen molar-refractivity contribution in [1.29, 1.82) is 0 Å². The molecule has 0 bridgehead atoms. The average Bonchev–Trinajstić information content (AvgIpc) is 3.43. The normalized spacial score (nSPS) is 13.6. The zero-order valence-corrected chi connectivity index (χ0v) is 22.4. The molecule has 1 amide bonds. The lowest BCUT2D eigenvalue weighted by Crippen LogP contribution is -2.48. The van der Waals surface area contributed by atoms with Gasteiger partial charge in [-0.3, -0.25) is 19.8 Å². The number of hydrogen-bond donors (Lipinski definition) is 0. The van der Waals surface area contributed by atoms with Gasteiger partial charge in [-0.1, -0.05) is 30.3 Å². The zero-order chi connectivity index (χ0) is 28.1. The van der Waals surface area contributed by atoms with E-state index < -0.39 is 4.92 Å². The molecule has 1 saturated heterocycles. The highest BCUT2D eigenvalue weighted by Gasteiger charge is 2.25. The predicted octanol–water partition coefficient (Wildman–Crippen LogP) is 5.49. The van der Waals surface area contributed by atoms with Gasteiger partial charge < -0.3 is 9.80 Å². The third kappa shape index (κ3) is 6.67. The highest BCUT2D eigenvalue weighted by Crippen LogP contribution is 2.23. The van der Waals surface area contributed by atoms with Crippen LogP contribution in [-0.4, -0.2) is 51.8 Å². The average molecular weight is 564 g/mol. The quantitative estimate of drug-likeness (QED) is 0.198. The highest BCUT2D eigenvalue weighted by molar-refractivity contribution is 7.09. The van der Waals surface area contributed by atoms with Crippen molar-refractivity contribution >= 4 is 28.6 Å². The Morgan fingerprint density at radius 3 is 2.30 bits per heavy atom. The van der Waals surface area contributed by atoms with E-state index in [9.17, 15) is 23.7 Å². The highest BCUT2D eigenvalue weighted by atomic mass is 32.1. The van der Waals surface area contributed by atoms with Gasteiger partial charge in [0, 0.05) is 68.0 Å². The number of piperazine rings is 1. The molecule has 4 aromatic rings. The van der Waals surface area contributed by atoms with Gasteiger partial charge in [-0.15, -0.1) is 11.3 Å². The molecule has 5 rings (SSSR count). The van der Waals surface area contributed by atoms with Crippen LogP contribution in [0.4, 0.5) is 20.2 Å². The first-order valence-corrected chi connectivity index (χ1v) is 13.7. The molecule has 0 aliphatic carbocycles. The van der Waals surface area contributed by atoms with E-state index in [0.717, 1.165) is 16.3 Å². The monoisotopic (exact) mass is 563 g/mol. The van der Waals surface area contributed by atoms with E-state index in [4.69, 9.17) is 0 Å². The van der Waals surface area contributed by atoms with Crippen LogP contribution in [0, 0.1) is 21.7 Å². The van der Waals surface area contributed by atoms with E-state index in [1.54, 1.807) is 52.7 Å². The molecule has 0 N–H and O–H groups in total. The number of nitrogens with zero attached hydrogens (tertiary/aromatic N) is 5. The lowest BCUT2D eigenvalue weighted by molar-refractivity contribution is -0.384. The van der Waals surface area contributed by atoms with Crippen molar-refractivity contribution in [3.63, 3.8) is 0 Å². The molecular formula is C29H27F2N5O3S. The first kappa shape index (κ1) is 27.4. The number of nitro benzene ring substituents is 1. The second-order valence-electron chi connectivity index (χ2n) is 9.54. The Balaban J connectivity index is 1.22. The van der Waals surface area contributed by atoms with Crippen molar-refractivity contribution in [1.82, 2.24) is 14.8 Å². The van der Waals surface area contributed by atoms with Gasteiger partial charge in [-0.2, -0.15) is 0 Å². The summed E-state index contributed by atoms with van der Waals surface area (Å²) in [6.45, 7) is 3.42. The number of nitro groups is 1. The van der Waals surface area contributed by atoms with Gasteiger partial charge in [-0.25, -0.2) is 13.8 Å². The topological polar surface area (TPSA) is 82.8 Å². The number of aromatic nitrogens is 1.